The van der Waals surface area contributed by atoms with Gasteiger partial charge in [0.25, 0.3) is 0 Å². The van der Waals surface area contributed by atoms with Crippen LogP contribution in [-0.2, 0) is 20.7 Å². The molecule has 0 saturated heterocycles. The highest BCUT2D eigenvalue weighted by molar-refractivity contribution is 6.31. The number of carbonyl (C=O) groups excluding carboxylic acids is 2. The van der Waals surface area contributed by atoms with E-state index in [-0.39, 0.29) is 24.2 Å². The molecule has 7 rings (SSSR count). The molecule has 1 atom stereocenters. The molecular weight excluding hydrogens is 598 g/mol. The maximum atomic E-state index is 13.0. The van der Waals surface area contributed by atoms with Crippen LogP contribution in [0.3, 0.4) is 0 Å². The number of fused-ring (bicyclic) bond motifs is 4. The van der Waals surface area contributed by atoms with Gasteiger partial charge in [-0.1, -0.05) is 65.7 Å². The average molecular weight is 632 g/mol. The molecule has 2 aromatic heterocycles. The first-order valence-electron chi connectivity index (χ1n) is 15.7. The number of esters is 1. The standard InChI is InChI=1S/C37H34ClN5O3/c1-46-37(45)18-23-9-14-30-26-6-4-5-25(19-26)29(7-2-3-8-36(44)40-33(30)17-23)32-15-12-27(21-39-32)31-20-28(38)13-16-35(31)43-22-34(41-42-43)24-10-11-24/h4-6,9,12-17,19-22,24,29H,2-3,7-8,10-11,18H2,1H3,(H,40,44). The number of benzene rings is 3. The Balaban J connectivity index is 1.22. The summed E-state index contributed by atoms with van der Waals surface area (Å²) in [7, 11) is 1.37. The summed E-state index contributed by atoms with van der Waals surface area (Å²) in [6.45, 7) is 0. The normalized spacial score (nSPS) is 16.5. The zero-order valence-corrected chi connectivity index (χ0v) is 26.3. The summed E-state index contributed by atoms with van der Waals surface area (Å²) < 4.78 is 6.68. The van der Waals surface area contributed by atoms with Gasteiger partial charge in [-0.05, 0) is 72.7 Å². The molecule has 1 aliphatic heterocycles. The number of aromatic nitrogens is 4. The third-order valence-electron chi connectivity index (χ3n) is 8.85. The van der Waals surface area contributed by atoms with Crippen molar-refractivity contribution in [2.75, 3.05) is 12.4 Å². The van der Waals surface area contributed by atoms with E-state index in [1.54, 1.807) is 0 Å². The number of carbonyl (C=O) groups is 2. The molecule has 2 aliphatic rings. The lowest BCUT2D eigenvalue weighted by Crippen LogP contribution is -2.14. The van der Waals surface area contributed by atoms with Crippen LogP contribution in [0.1, 0.15) is 72.9 Å². The monoisotopic (exact) mass is 631 g/mol. The van der Waals surface area contributed by atoms with Gasteiger partial charge in [-0.25, -0.2) is 4.68 Å². The van der Waals surface area contributed by atoms with Gasteiger partial charge in [-0.3, -0.25) is 14.6 Å². The summed E-state index contributed by atoms with van der Waals surface area (Å²) >= 11 is 6.47. The largest absolute Gasteiger partial charge is 0.469 e. The molecule has 46 heavy (non-hydrogen) atoms. The molecule has 1 saturated carbocycles. The van der Waals surface area contributed by atoms with Crippen molar-refractivity contribution < 1.29 is 14.3 Å². The van der Waals surface area contributed by atoms with Crippen LogP contribution in [0, 0.1) is 0 Å². The summed E-state index contributed by atoms with van der Waals surface area (Å²) in [5.41, 5.74) is 9.31. The maximum Gasteiger partial charge on any atom is 0.309 e. The summed E-state index contributed by atoms with van der Waals surface area (Å²) in [4.78, 5) is 29.9. The molecule has 1 N–H and O–H groups in total. The predicted octanol–water partition coefficient (Wildman–Crippen LogP) is 7.89. The van der Waals surface area contributed by atoms with Gasteiger partial charge in [0.05, 0.1) is 31.1 Å². The van der Waals surface area contributed by atoms with E-state index in [1.807, 2.05) is 59.5 Å². The molecule has 1 fully saturated rings. The van der Waals surface area contributed by atoms with Crippen molar-refractivity contribution in [1.29, 1.82) is 0 Å². The second-order valence-electron chi connectivity index (χ2n) is 12.1. The Morgan fingerprint density at radius 1 is 0.957 bits per heavy atom. The fourth-order valence-electron chi connectivity index (χ4n) is 6.22. The van der Waals surface area contributed by atoms with Crippen LogP contribution in [0.2, 0.25) is 5.02 Å². The Morgan fingerprint density at radius 2 is 1.85 bits per heavy atom. The second kappa shape index (κ2) is 12.9. The lowest BCUT2D eigenvalue weighted by atomic mass is 9.87. The SMILES string of the molecule is COC(=O)Cc1ccc2c(c1)NC(=O)CCCCC(c1ccc(-c3cc(Cl)ccc3-n3cc(C4CC4)nn3)cn1)c1cccc-2c1. The van der Waals surface area contributed by atoms with Crippen LogP contribution in [-0.4, -0.2) is 39.0 Å². The third-order valence-corrected chi connectivity index (χ3v) is 9.08. The number of methoxy groups -OCH3 is 1. The number of hydrogen-bond donors (Lipinski definition) is 1. The van der Waals surface area contributed by atoms with Crippen molar-refractivity contribution in [3.8, 4) is 27.9 Å². The Morgan fingerprint density at radius 3 is 2.65 bits per heavy atom. The number of halogens is 1. The highest BCUT2D eigenvalue weighted by Crippen LogP contribution is 2.40. The summed E-state index contributed by atoms with van der Waals surface area (Å²) in [6, 6.07) is 24.2. The summed E-state index contributed by atoms with van der Waals surface area (Å²) in [6.07, 6.45) is 9.30. The zero-order valence-electron chi connectivity index (χ0n) is 25.6. The number of hydrogen-bond acceptors (Lipinski definition) is 6. The van der Waals surface area contributed by atoms with Gasteiger partial charge in [0.1, 0.15) is 0 Å². The first kappa shape index (κ1) is 29.9. The van der Waals surface area contributed by atoms with Gasteiger partial charge in [0, 0.05) is 57.5 Å². The Bertz CT molecular complexity index is 1910. The molecule has 5 aromatic rings. The van der Waals surface area contributed by atoms with Crippen molar-refractivity contribution in [3.05, 3.63) is 113 Å². The molecule has 9 heteroatoms. The minimum absolute atomic E-state index is 0.0406. The van der Waals surface area contributed by atoms with Crippen molar-refractivity contribution in [1.82, 2.24) is 20.0 Å². The smallest absolute Gasteiger partial charge is 0.309 e. The number of nitrogens with zero attached hydrogens (tertiary/aromatic N) is 4. The topological polar surface area (TPSA) is 99.0 Å². The van der Waals surface area contributed by atoms with E-state index in [9.17, 15) is 9.59 Å². The summed E-state index contributed by atoms with van der Waals surface area (Å²) in [5.74, 6) is 0.201. The fourth-order valence-corrected chi connectivity index (χ4v) is 6.39. The summed E-state index contributed by atoms with van der Waals surface area (Å²) in [5, 5.41) is 12.5. The van der Waals surface area contributed by atoms with E-state index < -0.39 is 0 Å². The second-order valence-corrected chi connectivity index (χ2v) is 12.5. The lowest BCUT2D eigenvalue weighted by Gasteiger charge is -2.21. The minimum atomic E-state index is -0.324. The van der Waals surface area contributed by atoms with Crippen molar-refractivity contribution >= 4 is 29.2 Å². The van der Waals surface area contributed by atoms with E-state index in [1.165, 1.54) is 20.0 Å². The molecule has 232 valence electrons. The molecule has 0 radical (unpaired) electrons. The average Bonchev–Trinajstić information content (AvgIpc) is 3.81. The van der Waals surface area contributed by atoms with Gasteiger partial charge in [0.2, 0.25) is 5.91 Å². The fraction of sp³-hybridized carbons (Fsp3) is 0.270. The van der Waals surface area contributed by atoms with Crippen LogP contribution in [0.25, 0.3) is 27.9 Å². The van der Waals surface area contributed by atoms with E-state index in [0.29, 0.717) is 23.0 Å². The van der Waals surface area contributed by atoms with Gasteiger partial charge in [-0.15, -0.1) is 5.10 Å². The lowest BCUT2D eigenvalue weighted by molar-refractivity contribution is -0.139. The molecule has 1 aliphatic carbocycles. The van der Waals surface area contributed by atoms with Crippen LogP contribution < -0.4 is 5.32 Å². The highest BCUT2D eigenvalue weighted by atomic mass is 35.5. The Labute approximate surface area is 272 Å². The molecule has 1 amide bonds. The zero-order chi connectivity index (χ0) is 31.6. The quantitative estimate of drug-likeness (QED) is 0.191. The van der Waals surface area contributed by atoms with Gasteiger partial charge in [0.15, 0.2) is 0 Å². The molecule has 3 aromatic carbocycles. The van der Waals surface area contributed by atoms with Crippen LogP contribution in [0.15, 0.2) is 85.2 Å². The predicted molar refractivity (Wildman–Crippen MR) is 178 cm³/mol. The van der Waals surface area contributed by atoms with Gasteiger partial charge in [-0.2, -0.15) is 0 Å². The minimum Gasteiger partial charge on any atom is -0.469 e. The molecule has 1 unspecified atom stereocenters. The number of pyridine rings is 1. The first-order valence-corrected chi connectivity index (χ1v) is 16.1. The molecule has 2 bridgehead atoms. The highest BCUT2D eigenvalue weighted by Gasteiger charge is 2.27. The molecule has 8 nitrogen and oxygen atoms in total. The Hall–Kier alpha value is -4.82. The van der Waals surface area contributed by atoms with E-state index in [4.69, 9.17) is 21.3 Å². The first-order chi connectivity index (χ1) is 22.4. The maximum absolute atomic E-state index is 13.0. The third kappa shape index (κ3) is 6.44. The van der Waals surface area contributed by atoms with Crippen LogP contribution in [0.4, 0.5) is 5.69 Å². The Kier molecular flexibility index (Phi) is 8.37. The number of rotatable bonds is 6. The molecule has 0 spiro atoms. The molecular formula is C37H34ClN5O3. The van der Waals surface area contributed by atoms with E-state index in [2.05, 4.69) is 46.0 Å². The van der Waals surface area contributed by atoms with Crippen LogP contribution >= 0.6 is 11.6 Å². The number of nitrogens with one attached hydrogen (secondary N) is 1. The van der Waals surface area contributed by atoms with E-state index in [0.717, 1.165) is 69.7 Å². The van der Waals surface area contributed by atoms with E-state index >= 15 is 0 Å². The number of amides is 1. The number of anilines is 1. The van der Waals surface area contributed by atoms with Crippen molar-refractivity contribution in [3.63, 3.8) is 0 Å². The number of ether oxygens (including phenoxy) is 1. The van der Waals surface area contributed by atoms with Gasteiger partial charge >= 0.3 is 5.97 Å². The van der Waals surface area contributed by atoms with Crippen LogP contribution in [0.5, 0.6) is 0 Å². The van der Waals surface area contributed by atoms with Gasteiger partial charge < -0.3 is 10.1 Å². The molecule has 3 heterocycles. The van der Waals surface area contributed by atoms with Crippen molar-refractivity contribution in [2.45, 2.75) is 56.8 Å². The van der Waals surface area contributed by atoms with Crippen molar-refractivity contribution in [2.24, 2.45) is 0 Å².